The van der Waals surface area contributed by atoms with Crippen molar-refractivity contribution in [2.24, 2.45) is 13.0 Å². The number of ether oxygens (including phenoxy) is 2. The zero-order valence-electron chi connectivity index (χ0n) is 18.0. The van der Waals surface area contributed by atoms with Crippen molar-refractivity contribution in [1.29, 1.82) is 0 Å². The number of imide groups is 1. The summed E-state index contributed by atoms with van der Waals surface area (Å²) in [5, 5.41) is 4.78. The van der Waals surface area contributed by atoms with E-state index in [1.165, 1.54) is 0 Å². The summed E-state index contributed by atoms with van der Waals surface area (Å²) < 4.78 is 11.9. The lowest BCUT2D eigenvalue weighted by molar-refractivity contribution is -0.151. The first-order valence-corrected chi connectivity index (χ1v) is 9.88. The highest BCUT2D eigenvalue weighted by Gasteiger charge is 2.27. The van der Waals surface area contributed by atoms with Crippen LogP contribution in [0.15, 0.2) is 42.6 Å². The Balaban J connectivity index is 1.91. The molecule has 0 aliphatic heterocycles. The van der Waals surface area contributed by atoms with Crippen molar-refractivity contribution in [3.8, 4) is 5.75 Å². The van der Waals surface area contributed by atoms with E-state index in [1.54, 1.807) is 68.1 Å². The minimum atomic E-state index is -0.963. The van der Waals surface area contributed by atoms with E-state index >= 15 is 0 Å². The molecule has 2 N–H and O–H groups in total. The molecule has 166 valence electrons. The van der Waals surface area contributed by atoms with Crippen molar-refractivity contribution in [3.05, 3.63) is 53.9 Å². The van der Waals surface area contributed by atoms with Gasteiger partial charge in [0.25, 0.3) is 17.7 Å². The van der Waals surface area contributed by atoms with Crippen molar-refractivity contribution in [2.75, 3.05) is 13.2 Å². The van der Waals surface area contributed by atoms with Crippen LogP contribution in [-0.2, 0) is 21.4 Å². The van der Waals surface area contributed by atoms with Crippen LogP contribution in [0.25, 0.3) is 0 Å². The average molecular weight is 429 g/mol. The summed E-state index contributed by atoms with van der Waals surface area (Å²) in [7, 11) is 1.67. The first-order chi connectivity index (χ1) is 14.7. The first kappa shape index (κ1) is 23.7. The fraction of sp³-hybridized carbons (Fsp3) is 0.364. The third-order valence-electron chi connectivity index (χ3n) is 4.41. The third kappa shape index (κ3) is 6.70. The number of hydrogen-bond donors (Lipinski definition) is 2. The van der Waals surface area contributed by atoms with Crippen LogP contribution in [0.3, 0.4) is 0 Å². The van der Waals surface area contributed by atoms with Crippen LogP contribution in [0.5, 0.6) is 5.75 Å². The Morgan fingerprint density at radius 1 is 1.03 bits per heavy atom. The molecule has 2 rings (SSSR count). The monoisotopic (exact) mass is 429 g/mol. The van der Waals surface area contributed by atoms with Gasteiger partial charge in [-0.15, -0.1) is 0 Å². The molecule has 9 nitrogen and oxygen atoms in total. The average Bonchev–Trinajstić information content (AvgIpc) is 3.16. The lowest BCUT2D eigenvalue weighted by Gasteiger charge is -2.20. The molecule has 1 aromatic carbocycles. The molecule has 9 heteroatoms. The number of nitrogens with one attached hydrogen (secondary N) is 2. The normalized spacial score (nSPS) is 11.5. The Morgan fingerprint density at radius 2 is 1.71 bits per heavy atom. The smallest absolute Gasteiger partial charge is 0.329 e. The van der Waals surface area contributed by atoms with Crippen LogP contribution >= 0.6 is 0 Å². The highest BCUT2D eigenvalue weighted by Crippen LogP contribution is 2.13. The summed E-state index contributed by atoms with van der Waals surface area (Å²) in [4.78, 5) is 48.9. The number of nitrogens with zero attached hydrogens (tertiary/aromatic N) is 1. The van der Waals surface area contributed by atoms with Gasteiger partial charge in [0.05, 0.1) is 6.61 Å². The lowest BCUT2D eigenvalue weighted by atomic mass is 10.0. The Labute approximate surface area is 180 Å². The van der Waals surface area contributed by atoms with E-state index in [2.05, 4.69) is 10.6 Å². The SMILES string of the molecule is CCOc1ccc(C(=O)N[C@H](C(=O)OCC(=O)NC(=O)c2cccn2C)C(C)C)cc1. The first-order valence-electron chi connectivity index (χ1n) is 9.88. The molecule has 2 aromatic rings. The number of carbonyl (C=O) groups is 4. The predicted molar refractivity (Wildman–Crippen MR) is 113 cm³/mol. The van der Waals surface area contributed by atoms with Crippen molar-refractivity contribution in [1.82, 2.24) is 15.2 Å². The fourth-order valence-electron chi connectivity index (χ4n) is 2.74. The zero-order chi connectivity index (χ0) is 23.0. The van der Waals surface area contributed by atoms with Gasteiger partial charge in [-0.05, 0) is 49.2 Å². The fourth-order valence-corrected chi connectivity index (χ4v) is 2.74. The Hall–Kier alpha value is -3.62. The minimum Gasteiger partial charge on any atom is -0.494 e. The van der Waals surface area contributed by atoms with Gasteiger partial charge in [-0.3, -0.25) is 19.7 Å². The number of esters is 1. The van der Waals surface area contributed by atoms with Crippen LogP contribution < -0.4 is 15.4 Å². The number of rotatable bonds is 9. The van der Waals surface area contributed by atoms with Gasteiger partial charge in [0, 0.05) is 18.8 Å². The van der Waals surface area contributed by atoms with Crippen LogP contribution in [0.1, 0.15) is 41.6 Å². The van der Waals surface area contributed by atoms with Crippen molar-refractivity contribution >= 4 is 23.7 Å². The van der Waals surface area contributed by atoms with Gasteiger partial charge in [0.1, 0.15) is 17.5 Å². The van der Waals surface area contributed by atoms with E-state index in [0.717, 1.165) is 0 Å². The van der Waals surface area contributed by atoms with Gasteiger partial charge in [-0.2, -0.15) is 0 Å². The van der Waals surface area contributed by atoms with Crippen molar-refractivity contribution < 1.29 is 28.7 Å². The highest BCUT2D eigenvalue weighted by molar-refractivity contribution is 6.04. The number of carbonyl (C=O) groups excluding carboxylic acids is 4. The molecular weight excluding hydrogens is 402 g/mol. The molecule has 1 atom stereocenters. The maximum Gasteiger partial charge on any atom is 0.329 e. The van der Waals surface area contributed by atoms with Crippen LogP contribution in [-0.4, -0.2) is 47.5 Å². The molecule has 0 aliphatic rings. The van der Waals surface area contributed by atoms with Gasteiger partial charge in [-0.1, -0.05) is 13.8 Å². The maximum absolute atomic E-state index is 12.5. The Morgan fingerprint density at radius 3 is 2.26 bits per heavy atom. The second-order valence-electron chi connectivity index (χ2n) is 7.14. The van der Waals surface area contributed by atoms with Gasteiger partial charge >= 0.3 is 5.97 Å². The molecule has 3 amide bonds. The van der Waals surface area contributed by atoms with Crippen molar-refractivity contribution in [2.45, 2.75) is 26.8 Å². The summed E-state index contributed by atoms with van der Waals surface area (Å²) in [6.07, 6.45) is 1.67. The second-order valence-corrected chi connectivity index (χ2v) is 7.14. The number of benzene rings is 1. The zero-order valence-corrected chi connectivity index (χ0v) is 18.0. The lowest BCUT2D eigenvalue weighted by Crippen LogP contribution is -2.46. The molecule has 0 unspecified atom stereocenters. The van der Waals surface area contributed by atoms with Gasteiger partial charge in [0.2, 0.25) is 0 Å². The van der Waals surface area contributed by atoms with E-state index in [1.807, 2.05) is 6.92 Å². The van der Waals surface area contributed by atoms with Crippen LogP contribution in [0.4, 0.5) is 0 Å². The van der Waals surface area contributed by atoms with E-state index in [0.29, 0.717) is 23.6 Å². The second kappa shape index (κ2) is 11.0. The summed E-state index contributed by atoms with van der Waals surface area (Å²) >= 11 is 0. The maximum atomic E-state index is 12.5. The molecule has 0 saturated heterocycles. The molecule has 0 radical (unpaired) electrons. The predicted octanol–water partition coefficient (Wildman–Crippen LogP) is 1.68. The molecule has 31 heavy (non-hydrogen) atoms. The van der Waals surface area contributed by atoms with Gasteiger partial charge < -0.3 is 19.4 Å². The molecule has 1 heterocycles. The van der Waals surface area contributed by atoms with Gasteiger partial charge in [-0.25, -0.2) is 4.79 Å². The molecule has 1 aromatic heterocycles. The van der Waals surface area contributed by atoms with Crippen LogP contribution in [0.2, 0.25) is 0 Å². The summed E-state index contributed by atoms with van der Waals surface area (Å²) in [5.41, 5.74) is 0.648. The topological polar surface area (TPSA) is 116 Å². The Bertz CT molecular complexity index is 933. The summed E-state index contributed by atoms with van der Waals surface area (Å²) in [6.45, 7) is 5.21. The molecular formula is C22H27N3O6. The molecule has 0 bridgehead atoms. The van der Waals surface area contributed by atoms with E-state index in [4.69, 9.17) is 9.47 Å². The van der Waals surface area contributed by atoms with E-state index in [9.17, 15) is 19.2 Å². The quantitative estimate of drug-likeness (QED) is 0.586. The largest absolute Gasteiger partial charge is 0.494 e. The number of aromatic nitrogens is 1. The van der Waals surface area contributed by atoms with Crippen molar-refractivity contribution in [3.63, 3.8) is 0 Å². The van der Waals surface area contributed by atoms with Gasteiger partial charge in [0.15, 0.2) is 6.61 Å². The molecule has 0 aliphatic carbocycles. The highest BCUT2D eigenvalue weighted by atomic mass is 16.5. The summed E-state index contributed by atoms with van der Waals surface area (Å²) in [5.74, 6) is -2.24. The number of amides is 3. The summed E-state index contributed by atoms with van der Waals surface area (Å²) in [6, 6.07) is 8.76. The minimum absolute atomic E-state index is 0.285. The molecule has 0 saturated carbocycles. The molecule has 0 spiro atoms. The van der Waals surface area contributed by atoms with E-state index < -0.39 is 36.3 Å². The molecule has 0 fully saturated rings. The van der Waals surface area contributed by atoms with Crippen LogP contribution in [0, 0.1) is 5.92 Å². The standard InChI is InChI=1S/C22H27N3O6/c1-5-30-16-10-8-15(9-11-16)20(27)24-19(14(2)3)22(29)31-13-18(26)23-21(28)17-7-6-12-25(17)4/h6-12,14,19H,5,13H2,1-4H3,(H,24,27)(H,23,26,28)/t19-/m0/s1. The third-order valence-corrected chi connectivity index (χ3v) is 4.41. The number of hydrogen-bond acceptors (Lipinski definition) is 6. The number of aryl methyl sites for hydroxylation is 1. The van der Waals surface area contributed by atoms with E-state index in [-0.39, 0.29) is 5.92 Å². The Kier molecular flexibility index (Phi) is 8.36.